The number of fused-ring (bicyclic) bond motifs is 1. The fourth-order valence-electron chi connectivity index (χ4n) is 2.56. The molecule has 2 aliphatic rings. The van der Waals surface area contributed by atoms with E-state index in [4.69, 9.17) is 11.6 Å². The summed E-state index contributed by atoms with van der Waals surface area (Å²) in [6.07, 6.45) is 1.01. The van der Waals surface area contributed by atoms with Gasteiger partial charge in [0.15, 0.2) is 0 Å². The molecule has 5 heteroatoms. The van der Waals surface area contributed by atoms with E-state index < -0.39 is 0 Å². The lowest BCUT2D eigenvalue weighted by molar-refractivity contribution is 0.0633. The van der Waals surface area contributed by atoms with Crippen molar-refractivity contribution in [1.29, 1.82) is 0 Å². The smallest absolute Gasteiger partial charge is 0.261 e. The second-order valence-corrected chi connectivity index (χ2v) is 5.21. The Morgan fingerprint density at radius 1 is 1.28 bits per heavy atom. The predicted molar refractivity (Wildman–Crippen MR) is 67.8 cm³/mol. The Morgan fingerprint density at radius 3 is 2.78 bits per heavy atom. The lowest BCUT2D eigenvalue weighted by atomic mass is 10.1. The maximum Gasteiger partial charge on any atom is 0.261 e. The first-order valence-electron chi connectivity index (χ1n) is 6.03. The van der Waals surface area contributed by atoms with Crippen LogP contribution < -0.4 is 5.32 Å². The molecule has 1 aromatic rings. The second kappa shape index (κ2) is 4.37. The van der Waals surface area contributed by atoms with Crippen molar-refractivity contribution >= 4 is 23.4 Å². The van der Waals surface area contributed by atoms with Crippen molar-refractivity contribution < 1.29 is 9.59 Å². The van der Waals surface area contributed by atoms with Gasteiger partial charge in [0.05, 0.1) is 11.1 Å². The van der Waals surface area contributed by atoms with Crippen LogP contribution >= 0.6 is 11.6 Å². The fourth-order valence-corrected chi connectivity index (χ4v) is 2.73. The third kappa shape index (κ3) is 1.82. The molecule has 0 aromatic heterocycles. The lowest BCUT2D eigenvalue weighted by Gasteiger charge is -2.17. The van der Waals surface area contributed by atoms with Crippen LogP contribution in [0.4, 0.5) is 0 Å². The molecule has 0 bridgehead atoms. The summed E-state index contributed by atoms with van der Waals surface area (Å²) in [4.78, 5) is 25.7. The molecule has 4 nitrogen and oxygen atoms in total. The molecule has 94 valence electrons. The minimum absolute atomic E-state index is 0.196. The number of amides is 2. The largest absolute Gasteiger partial charge is 0.316 e. The van der Waals surface area contributed by atoms with Gasteiger partial charge < -0.3 is 5.32 Å². The maximum atomic E-state index is 12.2. The van der Waals surface area contributed by atoms with Gasteiger partial charge in [-0.1, -0.05) is 11.6 Å². The topological polar surface area (TPSA) is 49.4 Å². The first-order valence-corrected chi connectivity index (χ1v) is 6.41. The molecule has 0 saturated carbocycles. The third-order valence-corrected chi connectivity index (χ3v) is 3.77. The van der Waals surface area contributed by atoms with Crippen molar-refractivity contribution in [2.45, 2.75) is 6.42 Å². The molecule has 3 rings (SSSR count). The summed E-state index contributed by atoms with van der Waals surface area (Å²) >= 11 is 5.86. The number of carbonyl (C=O) groups is 2. The van der Waals surface area contributed by atoms with Crippen molar-refractivity contribution in [3.63, 3.8) is 0 Å². The van der Waals surface area contributed by atoms with Crippen molar-refractivity contribution in [1.82, 2.24) is 10.2 Å². The molecule has 1 saturated heterocycles. The van der Waals surface area contributed by atoms with Gasteiger partial charge in [0.25, 0.3) is 11.8 Å². The number of halogens is 1. The Balaban J connectivity index is 1.87. The summed E-state index contributed by atoms with van der Waals surface area (Å²) in [6, 6.07) is 4.85. The van der Waals surface area contributed by atoms with E-state index in [1.807, 2.05) is 0 Å². The molecule has 0 aliphatic carbocycles. The Bertz CT molecular complexity index is 524. The van der Waals surface area contributed by atoms with Gasteiger partial charge in [0, 0.05) is 11.6 Å². The van der Waals surface area contributed by atoms with E-state index in [-0.39, 0.29) is 11.8 Å². The first-order chi connectivity index (χ1) is 8.66. The molecular formula is C13H13ClN2O2. The van der Waals surface area contributed by atoms with Crippen molar-refractivity contribution in [3.8, 4) is 0 Å². The molecule has 1 N–H and O–H groups in total. The zero-order valence-electron chi connectivity index (χ0n) is 9.78. The van der Waals surface area contributed by atoms with Crippen molar-refractivity contribution in [2.24, 2.45) is 5.92 Å². The van der Waals surface area contributed by atoms with Crippen LogP contribution in [0, 0.1) is 5.92 Å². The highest BCUT2D eigenvalue weighted by Crippen LogP contribution is 2.27. The molecule has 2 amide bonds. The van der Waals surface area contributed by atoms with Gasteiger partial charge in [-0.3, -0.25) is 14.5 Å². The minimum Gasteiger partial charge on any atom is -0.316 e. The van der Waals surface area contributed by atoms with Crippen LogP contribution in [0.5, 0.6) is 0 Å². The van der Waals surface area contributed by atoms with Crippen LogP contribution in [0.2, 0.25) is 5.02 Å². The van der Waals surface area contributed by atoms with Crippen molar-refractivity contribution in [3.05, 3.63) is 34.3 Å². The van der Waals surface area contributed by atoms with E-state index in [0.29, 0.717) is 28.6 Å². The first kappa shape index (κ1) is 11.7. The van der Waals surface area contributed by atoms with Gasteiger partial charge in [0.1, 0.15) is 0 Å². The molecule has 18 heavy (non-hydrogen) atoms. The Labute approximate surface area is 110 Å². The predicted octanol–water partition coefficient (Wildman–Crippen LogP) is 1.55. The van der Waals surface area contributed by atoms with Crippen LogP contribution in [0.1, 0.15) is 27.1 Å². The van der Waals surface area contributed by atoms with E-state index in [1.54, 1.807) is 18.2 Å². The fraction of sp³-hybridized carbons (Fsp3) is 0.385. The molecule has 2 heterocycles. The molecular weight excluding hydrogens is 252 g/mol. The van der Waals surface area contributed by atoms with Gasteiger partial charge >= 0.3 is 0 Å². The normalized spacial score (nSPS) is 22.7. The quantitative estimate of drug-likeness (QED) is 0.825. The monoisotopic (exact) mass is 264 g/mol. The van der Waals surface area contributed by atoms with Gasteiger partial charge in [-0.2, -0.15) is 0 Å². The summed E-state index contributed by atoms with van der Waals surface area (Å²) in [6.45, 7) is 2.32. The number of rotatable bonds is 2. The minimum atomic E-state index is -0.218. The SMILES string of the molecule is O=C1c2ccc(Cl)cc2C(=O)N1CC1CCNC1. The molecule has 1 unspecified atom stereocenters. The van der Waals surface area contributed by atoms with E-state index in [2.05, 4.69) is 5.32 Å². The summed E-state index contributed by atoms with van der Waals surface area (Å²) in [5.41, 5.74) is 0.897. The highest BCUT2D eigenvalue weighted by Gasteiger charge is 2.37. The maximum absolute atomic E-state index is 12.2. The molecule has 1 atom stereocenters. The van der Waals surface area contributed by atoms with Crippen LogP contribution in [0.15, 0.2) is 18.2 Å². The van der Waals surface area contributed by atoms with Gasteiger partial charge in [0.2, 0.25) is 0 Å². The Hall–Kier alpha value is -1.39. The van der Waals surface area contributed by atoms with Crippen molar-refractivity contribution in [2.75, 3.05) is 19.6 Å². The zero-order valence-corrected chi connectivity index (χ0v) is 10.5. The number of benzene rings is 1. The number of nitrogens with one attached hydrogen (secondary N) is 1. The van der Waals surface area contributed by atoms with Gasteiger partial charge in [-0.25, -0.2) is 0 Å². The van der Waals surface area contributed by atoms with E-state index in [1.165, 1.54) is 4.90 Å². The van der Waals surface area contributed by atoms with Crippen LogP contribution in [0.3, 0.4) is 0 Å². The number of imide groups is 1. The van der Waals surface area contributed by atoms with E-state index in [9.17, 15) is 9.59 Å². The van der Waals surface area contributed by atoms with E-state index >= 15 is 0 Å². The van der Waals surface area contributed by atoms with Crippen LogP contribution in [0.25, 0.3) is 0 Å². The average Bonchev–Trinajstić information content (AvgIpc) is 2.93. The molecule has 0 spiro atoms. The van der Waals surface area contributed by atoms with E-state index in [0.717, 1.165) is 19.5 Å². The summed E-state index contributed by atoms with van der Waals surface area (Å²) in [7, 11) is 0. The van der Waals surface area contributed by atoms with Crippen LogP contribution in [-0.4, -0.2) is 36.3 Å². The number of hydrogen-bond donors (Lipinski definition) is 1. The third-order valence-electron chi connectivity index (χ3n) is 3.54. The highest BCUT2D eigenvalue weighted by atomic mass is 35.5. The Kier molecular flexibility index (Phi) is 2.84. The number of nitrogens with zero attached hydrogens (tertiary/aromatic N) is 1. The van der Waals surface area contributed by atoms with Gasteiger partial charge in [-0.05, 0) is 43.6 Å². The van der Waals surface area contributed by atoms with Crippen LogP contribution in [-0.2, 0) is 0 Å². The zero-order chi connectivity index (χ0) is 12.7. The van der Waals surface area contributed by atoms with Gasteiger partial charge in [-0.15, -0.1) is 0 Å². The summed E-state index contributed by atoms with van der Waals surface area (Å²) in [5, 5.41) is 3.72. The Morgan fingerprint density at radius 2 is 2.06 bits per heavy atom. The average molecular weight is 265 g/mol. The lowest BCUT2D eigenvalue weighted by Crippen LogP contribution is -2.35. The standard InChI is InChI=1S/C13H13ClN2O2/c14-9-1-2-10-11(5-9)13(18)16(12(10)17)7-8-3-4-15-6-8/h1-2,5,8,15H,3-4,6-7H2. The molecule has 1 fully saturated rings. The second-order valence-electron chi connectivity index (χ2n) is 4.77. The number of hydrogen-bond acceptors (Lipinski definition) is 3. The highest BCUT2D eigenvalue weighted by molar-refractivity contribution is 6.32. The summed E-state index contributed by atoms with van der Waals surface area (Å²) in [5.74, 6) is -0.0503. The number of carbonyl (C=O) groups excluding carboxylic acids is 2. The molecule has 2 aliphatic heterocycles. The molecule has 0 radical (unpaired) electrons. The molecule has 1 aromatic carbocycles. The summed E-state index contributed by atoms with van der Waals surface area (Å²) < 4.78 is 0.